The van der Waals surface area contributed by atoms with E-state index >= 15 is 0 Å². The summed E-state index contributed by atoms with van der Waals surface area (Å²) in [7, 11) is 0. The number of nitrogens with one attached hydrogen (secondary N) is 1. The molecule has 26 heavy (non-hydrogen) atoms. The average Bonchev–Trinajstić information content (AvgIpc) is 2.81. The molecular formula is C19H28ClN3O3. The average molecular weight is 382 g/mol. The number of ether oxygens (including phenoxy) is 1. The van der Waals surface area contributed by atoms with Crippen molar-refractivity contribution >= 4 is 29.3 Å². The monoisotopic (exact) mass is 381 g/mol. The number of carbonyl (C=O) groups excluding carboxylic acids is 2. The number of halogens is 1. The molecule has 0 spiro atoms. The zero-order chi connectivity index (χ0) is 19.1. The Bertz CT molecular complexity index is 636. The van der Waals surface area contributed by atoms with Gasteiger partial charge in [0, 0.05) is 36.9 Å². The first-order valence-electron chi connectivity index (χ1n) is 9.05. The Balaban J connectivity index is 1.80. The Hall–Kier alpha value is -1.79. The van der Waals surface area contributed by atoms with Gasteiger partial charge in [-0.25, -0.2) is 4.79 Å². The summed E-state index contributed by atoms with van der Waals surface area (Å²) in [5.74, 6) is 0.238. The van der Waals surface area contributed by atoms with E-state index in [1.807, 2.05) is 32.9 Å². The molecule has 6 nitrogen and oxygen atoms in total. The standard InChI is InChI=1S/C19H28ClN3O3/c1-14(2)13-26-19(25)23-8-4-7-22(9-10-23)12-18(24)21-16-6-5-15(3)17(20)11-16/h5-6,11,14H,4,7-10,12-13H2,1-3H3,(H,21,24). The molecule has 1 aromatic carbocycles. The molecule has 0 aromatic heterocycles. The maximum absolute atomic E-state index is 12.3. The van der Waals surface area contributed by atoms with Gasteiger partial charge in [-0.3, -0.25) is 9.69 Å². The van der Waals surface area contributed by atoms with Gasteiger partial charge in [-0.05, 0) is 37.0 Å². The Labute approximate surface area is 160 Å². The molecule has 1 aliphatic heterocycles. The minimum Gasteiger partial charge on any atom is -0.449 e. The lowest BCUT2D eigenvalue weighted by atomic mass is 10.2. The number of nitrogens with zero attached hydrogens (tertiary/aromatic N) is 2. The molecule has 1 N–H and O–H groups in total. The van der Waals surface area contributed by atoms with E-state index in [1.54, 1.807) is 11.0 Å². The molecule has 7 heteroatoms. The molecule has 1 heterocycles. The minimum atomic E-state index is -0.265. The third kappa shape index (κ3) is 6.50. The van der Waals surface area contributed by atoms with E-state index in [0.717, 1.165) is 18.5 Å². The van der Waals surface area contributed by atoms with E-state index in [2.05, 4.69) is 10.2 Å². The first-order valence-corrected chi connectivity index (χ1v) is 9.43. The zero-order valence-electron chi connectivity index (χ0n) is 15.8. The molecule has 1 saturated heterocycles. The summed E-state index contributed by atoms with van der Waals surface area (Å²) in [6, 6.07) is 5.47. The van der Waals surface area contributed by atoms with Crippen LogP contribution in [0.15, 0.2) is 18.2 Å². The van der Waals surface area contributed by atoms with Crippen LogP contribution < -0.4 is 5.32 Å². The Kier molecular flexibility index (Phi) is 7.72. The Morgan fingerprint density at radius 1 is 1.23 bits per heavy atom. The second-order valence-corrected chi connectivity index (χ2v) is 7.51. The van der Waals surface area contributed by atoms with Gasteiger partial charge >= 0.3 is 6.09 Å². The lowest BCUT2D eigenvalue weighted by Gasteiger charge is -2.21. The lowest BCUT2D eigenvalue weighted by molar-refractivity contribution is -0.117. The van der Waals surface area contributed by atoms with E-state index in [4.69, 9.17) is 16.3 Å². The van der Waals surface area contributed by atoms with Gasteiger partial charge in [0.15, 0.2) is 0 Å². The second kappa shape index (κ2) is 9.78. The molecule has 0 saturated carbocycles. The highest BCUT2D eigenvalue weighted by atomic mass is 35.5. The zero-order valence-corrected chi connectivity index (χ0v) is 16.5. The maximum Gasteiger partial charge on any atom is 0.409 e. The molecule has 0 aliphatic carbocycles. The van der Waals surface area contributed by atoms with Crippen LogP contribution in [0.2, 0.25) is 5.02 Å². The van der Waals surface area contributed by atoms with Gasteiger partial charge in [0.1, 0.15) is 0 Å². The SMILES string of the molecule is Cc1ccc(NC(=O)CN2CCCN(C(=O)OCC(C)C)CC2)cc1Cl. The predicted octanol–water partition coefficient (Wildman–Crippen LogP) is 3.39. The summed E-state index contributed by atoms with van der Waals surface area (Å²) < 4.78 is 5.29. The van der Waals surface area contributed by atoms with Crippen molar-refractivity contribution in [2.45, 2.75) is 27.2 Å². The summed E-state index contributed by atoms with van der Waals surface area (Å²) in [5.41, 5.74) is 1.67. The normalized spacial score (nSPS) is 15.7. The van der Waals surface area contributed by atoms with Crippen molar-refractivity contribution in [3.63, 3.8) is 0 Å². The van der Waals surface area contributed by atoms with Gasteiger partial charge in [-0.15, -0.1) is 0 Å². The van der Waals surface area contributed by atoms with Crippen molar-refractivity contribution < 1.29 is 14.3 Å². The van der Waals surface area contributed by atoms with E-state index in [1.165, 1.54) is 0 Å². The predicted molar refractivity (Wildman–Crippen MR) is 104 cm³/mol. The third-order valence-electron chi connectivity index (χ3n) is 4.21. The smallest absolute Gasteiger partial charge is 0.409 e. The van der Waals surface area contributed by atoms with Crippen LogP contribution in [0.5, 0.6) is 0 Å². The fraction of sp³-hybridized carbons (Fsp3) is 0.579. The number of anilines is 1. The fourth-order valence-electron chi connectivity index (χ4n) is 2.72. The highest BCUT2D eigenvalue weighted by Crippen LogP contribution is 2.20. The van der Waals surface area contributed by atoms with Crippen molar-refractivity contribution in [1.29, 1.82) is 0 Å². The van der Waals surface area contributed by atoms with E-state index in [-0.39, 0.29) is 12.0 Å². The lowest BCUT2D eigenvalue weighted by Crippen LogP contribution is -2.38. The van der Waals surface area contributed by atoms with Gasteiger partial charge in [-0.1, -0.05) is 31.5 Å². The van der Waals surface area contributed by atoms with E-state index in [0.29, 0.717) is 49.4 Å². The van der Waals surface area contributed by atoms with Crippen LogP contribution in [0.4, 0.5) is 10.5 Å². The summed E-state index contributed by atoms with van der Waals surface area (Å²) in [4.78, 5) is 28.1. The molecule has 1 aromatic rings. The molecule has 0 radical (unpaired) electrons. The molecular weight excluding hydrogens is 354 g/mol. The number of benzene rings is 1. The van der Waals surface area contributed by atoms with Crippen molar-refractivity contribution in [2.75, 3.05) is 44.6 Å². The minimum absolute atomic E-state index is 0.0826. The van der Waals surface area contributed by atoms with E-state index < -0.39 is 0 Å². The summed E-state index contributed by atoms with van der Waals surface area (Å²) in [5, 5.41) is 3.51. The molecule has 2 amide bonds. The van der Waals surface area contributed by atoms with Crippen molar-refractivity contribution in [2.24, 2.45) is 5.92 Å². The van der Waals surface area contributed by atoms with Crippen LogP contribution in [0, 0.1) is 12.8 Å². The molecule has 0 unspecified atom stereocenters. The number of hydrogen-bond acceptors (Lipinski definition) is 4. The van der Waals surface area contributed by atoms with Gasteiger partial charge in [0.05, 0.1) is 13.2 Å². The highest BCUT2D eigenvalue weighted by Gasteiger charge is 2.21. The van der Waals surface area contributed by atoms with Crippen LogP contribution in [0.25, 0.3) is 0 Å². The van der Waals surface area contributed by atoms with Crippen molar-refractivity contribution in [1.82, 2.24) is 9.80 Å². The van der Waals surface area contributed by atoms with Crippen molar-refractivity contribution in [3.8, 4) is 0 Å². The van der Waals surface area contributed by atoms with Crippen LogP contribution >= 0.6 is 11.6 Å². The fourth-order valence-corrected chi connectivity index (χ4v) is 2.90. The summed E-state index contributed by atoms with van der Waals surface area (Å²) >= 11 is 6.09. The number of carbonyl (C=O) groups is 2. The quantitative estimate of drug-likeness (QED) is 0.849. The Morgan fingerprint density at radius 2 is 2.00 bits per heavy atom. The molecule has 1 aliphatic rings. The topological polar surface area (TPSA) is 61.9 Å². The van der Waals surface area contributed by atoms with Gasteiger partial charge in [-0.2, -0.15) is 0 Å². The van der Waals surface area contributed by atoms with E-state index in [9.17, 15) is 9.59 Å². The number of rotatable bonds is 5. The number of amides is 2. The highest BCUT2D eigenvalue weighted by molar-refractivity contribution is 6.31. The van der Waals surface area contributed by atoms with Gasteiger partial charge in [0.25, 0.3) is 0 Å². The first-order chi connectivity index (χ1) is 12.3. The van der Waals surface area contributed by atoms with Crippen LogP contribution in [-0.2, 0) is 9.53 Å². The third-order valence-corrected chi connectivity index (χ3v) is 4.62. The Morgan fingerprint density at radius 3 is 2.69 bits per heavy atom. The molecule has 0 atom stereocenters. The molecule has 2 rings (SSSR count). The first kappa shape index (κ1) is 20.5. The number of aryl methyl sites for hydroxylation is 1. The molecule has 1 fully saturated rings. The number of hydrogen-bond donors (Lipinski definition) is 1. The molecule has 0 bridgehead atoms. The van der Waals surface area contributed by atoms with Crippen LogP contribution in [0.3, 0.4) is 0 Å². The second-order valence-electron chi connectivity index (χ2n) is 7.10. The van der Waals surface area contributed by atoms with Gasteiger partial charge < -0.3 is 15.0 Å². The maximum atomic E-state index is 12.3. The van der Waals surface area contributed by atoms with Crippen molar-refractivity contribution in [3.05, 3.63) is 28.8 Å². The summed E-state index contributed by atoms with van der Waals surface area (Å²) in [6.07, 6.45) is 0.555. The van der Waals surface area contributed by atoms with Crippen LogP contribution in [0.1, 0.15) is 25.8 Å². The summed E-state index contributed by atoms with van der Waals surface area (Å²) in [6.45, 7) is 9.32. The van der Waals surface area contributed by atoms with Gasteiger partial charge in [0.2, 0.25) is 5.91 Å². The van der Waals surface area contributed by atoms with Crippen LogP contribution in [-0.4, -0.2) is 61.1 Å². The largest absolute Gasteiger partial charge is 0.449 e. The molecule has 144 valence electrons.